The average Bonchev–Trinajstić information content (AvgIpc) is 2.73. The van der Waals surface area contributed by atoms with E-state index in [9.17, 15) is 0 Å². The zero-order chi connectivity index (χ0) is 18.2. The smallest absolute Gasteiger partial charge is 0.135 e. The molecule has 0 aromatic heterocycles. The third kappa shape index (κ3) is 3.45. The molecule has 0 radical (unpaired) electrons. The van der Waals surface area contributed by atoms with Crippen molar-refractivity contribution in [2.24, 2.45) is 15.4 Å². The number of rotatable bonds is 1. The van der Waals surface area contributed by atoms with Crippen molar-refractivity contribution in [3.05, 3.63) is 70.3 Å². The van der Waals surface area contributed by atoms with Gasteiger partial charge in [-0.15, -0.1) is 0 Å². The molecule has 0 saturated carbocycles. The van der Waals surface area contributed by atoms with Gasteiger partial charge in [0.05, 0.1) is 16.4 Å². The summed E-state index contributed by atoms with van der Waals surface area (Å²) in [5.41, 5.74) is 5.99. The second-order valence-corrected chi connectivity index (χ2v) is 7.93. The highest BCUT2D eigenvalue weighted by molar-refractivity contribution is 6.39. The van der Waals surface area contributed by atoms with Crippen LogP contribution in [0.5, 0.6) is 0 Å². The van der Waals surface area contributed by atoms with Crippen LogP contribution < -0.4 is 0 Å². The minimum absolute atomic E-state index is 0.187. The first-order valence-electron chi connectivity index (χ1n) is 8.49. The van der Waals surface area contributed by atoms with Crippen LogP contribution in [0, 0.1) is 5.41 Å². The monoisotopic (exact) mass is 350 g/mol. The molecule has 0 saturated heterocycles. The molecule has 3 rings (SSSR count). The van der Waals surface area contributed by atoms with Crippen molar-refractivity contribution in [3.8, 4) is 0 Å². The van der Waals surface area contributed by atoms with E-state index in [1.807, 2.05) is 30.3 Å². The van der Waals surface area contributed by atoms with Gasteiger partial charge in [-0.25, -0.2) is 9.98 Å². The first-order valence-corrected chi connectivity index (χ1v) is 8.87. The number of benzene rings is 2. The Bertz CT molecular complexity index is 893. The molecule has 0 bridgehead atoms. The Morgan fingerprint density at radius 2 is 1.56 bits per heavy atom. The van der Waals surface area contributed by atoms with Crippen LogP contribution in [0.15, 0.2) is 64.1 Å². The summed E-state index contributed by atoms with van der Waals surface area (Å²) in [5.74, 6) is 0.789. The van der Waals surface area contributed by atoms with Gasteiger partial charge >= 0.3 is 0 Å². The first kappa shape index (κ1) is 17.6. The van der Waals surface area contributed by atoms with Crippen molar-refractivity contribution in [2.45, 2.75) is 34.6 Å². The number of para-hydroxylation sites is 1. The number of amidine groups is 1. The minimum atomic E-state index is -0.187. The summed E-state index contributed by atoms with van der Waals surface area (Å²) in [6, 6.07) is 16.2. The summed E-state index contributed by atoms with van der Waals surface area (Å²) in [7, 11) is 0. The predicted molar refractivity (Wildman–Crippen MR) is 109 cm³/mol. The third-order valence-electron chi connectivity index (χ3n) is 4.15. The third-order valence-corrected chi connectivity index (χ3v) is 4.45. The molecule has 0 aliphatic carbocycles. The van der Waals surface area contributed by atoms with Crippen LogP contribution in [0.4, 0.5) is 5.69 Å². The number of halogens is 1. The van der Waals surface area contributed by atoms with Gasteiger partial charge in [0.25, 0.3) is 0 Å². The Hall–Kier alpha value is -2.19. The van der Waals surface area contributed by atoms with E-state index in [4.69, 9.17) is 21.6 Å². The molecular weight excluding hydrogens is 328 g/mol. The Morgan fingerprint density at radius 1 is 0.880 bits per heavy atom. The fraction of sp³-hybridized carbons (Fsp3) is 0.273. The SMILES string of the molecule is CC(C)=C1C(c2ccccc2)=NC(C(C)(C)C)=Nc2c(Cl)cccc21. The average molecular weight is 351 g/mol. The van der Waals surface area contributed by atoms with Gasteiger partial charge in [0.2, 0.25) is 0 Å². The lowest BCUT2D eigenvalue weighted by Crippen LogP contribution is -2.20. The van der Waals surface area contributed by atoms with Crippen molar-refractivity contribution < 1.29 is 0 Å². The van der Waals surface area contributed by atoms with E-state index in [0.717, 1.165) is 33.9 Å². The molecule has 0 N–H and O–H groups in total. The van der Waals surface area contributed by atoms with Crippen LogP contribution in [0.1, 0.15) is 45.7 Å². The van der Waals surface area contributed by atoms with Gasteiger partial charge in [-0.3, -0.25) is 0 Å². The largest absolute Gasteiger partial charge is 0.232 e. The highest BCUT2D eigenvalue weighted by Gasteiger charge is 2.27. The molecule has 2 nitrogen and oxygen atoms in total. The second kappa shape index (κ2) is 6.61. The molecule has 1 aliphatic rings. The molecule has 128 valence electrons. The van der Waals surface area contributed by atoms with E-state index in [1.165, 1.54) is 5.57 Å². The quantitative estimate of drug-likeness (QED) is 0.545. The summed E-state index contributed by atoms with van der Waals surface area (Å²) in [6.07, 6.45) is 0. The zero-order valence-electron chi connectivity index (χ0n) is 15.4. The highest BCUT2D eigenvalue weighted by atomic mass is 35.5. The standard InChI is InChI=1S/C22H23ClN2/c1-14(2)18-16-12-9-13-17(23)20(16)25-21(22(3,4)5)24-19(18)15-10-7-6-8-11-15/h6-13H,1-5H3. The van der Waals surface area contributed by atoms with E-state index in [1.54, 1.807) is 0 Å². The topological polar surface area (TPSA) is 24.7 Å². The van der Waals surface area contributed by atoms with Crippen LogP contribution in [0.2, 0.25) is 5.02 Å². The van der Waals surface area contributed by atoms with Crippen LogP contribution >= 0.6 is 11.6 Å². The van der Waals surface area contributed by atoms with E-state index < -0.39 is 0 Å². The normalized spacial score (nSPS) is 14.4. The molecule has 0 atom stereocenters. The summed E-state index contributed by atoms with van der Waals surface area (Å²) < 4.78 is 0. The maximum absolute atomic E-state index is 6.51. The first-order chi connectivity index (χ1) is 11.8. The van der Waals surface area contributed by atoms with Crippen molar-refractivity contribution in [1.29, 1.82) is 0 Å². The lowest BCUT2D eigenvalue weighted by molar-refractivity contribution is 0.586. The van der Waals surface area contributed by atoms with Crippen molar-refractivity contribution in [3.63, 3.8) is 0 Å². The summed E-state index contributed by atoms with van der Waals surface area (Å²) >= 11 is 6.51. The fourth-order valence-electron chi connectivity index (χ4n) is 2.90. The van der Waals surface area contributed by atoms with Gasteiger partial charge in [0, 0.05) is 22.1 Å². The Balaban J connectivity index is 2.40. The number of hydrogen-bond donors (Lipinski definition) is 0. The summed E-state index contributed by atoms with van der Waals surface area (Å²) in [4.78, 5) is 9.91. The highest BCUT2D eigenvalue weighted by Crippen LogP contribution is 2.40. The summed E-state index contributed by atoms with van der Waals surface area (Å²) in [6.45, 7) is 10.6. The Labute approximate surface area is 155 Å². The van der Waals surface area contributed by atoms with Crippen molar-refractivity contribution in [1.82, 2.24) is 0 Å². The predicted octanol–water partition coefficient (Wildman–Crippen LogP) is 6.71. The van der Waals surface area contributed by atoms with Crippen LogP contribution in [-0.4, -0.2) is 11.5 Å². The molecule has 1 aliphatic heterocycles. The lowest BCUT2D eigenvalue weighted by Gasteiger charge is -2.18. The van der Waals surface area contributed by atoms with Crippen molar-refractivity contribution >= 4 is 34.4 Å². The maximum atomic E-state index is 6.51. The van der Waals surface area contributed by atoms with Crippen LogP contribution in [0.25, 0.3) is 5.57 Å². The maximum Gasteiger partial charge on any atom is 0.135 e. The molecule has 2 aromatic rings. The molecule has 0 fully saturated rings. The number of nitrogens with zero attached hydrogens (tertiary/aromatic N) is 2. The molecule has 1 heterocycles. The number of aliphatic imine (C=N–C) groups is 2. The van der Waals surface area contributed by atoms with Gasteiger partial charge in [-0.05, 0) is 19.9 Å². The zero-order valence-corrected chi connectivity index (χ0v) is 16.1. The molecule has 0 amide bonds. The van der Waals surface area contributed by atoms with Gasteiger partial charge < -0.3 is 0 Å². The number of allylic oxidation sites excluding steroid dienone is 2. The van der Waals surface area contributed by atoms with Gasteiger partial charge in [-0.1, -0.05) is 80.4 Å². The van der Waals surface area contributed by atoms with E-state index >= 15 is 0 Å². The van der Waals surface area contributed by atoms with Crippen molar-refractivity contribution in [2.75, 3.05) is 0 Å². The van der Waals surface area contributed by atoms with Crippen LogP contribution in [0.3, 0.4) is 0 Å². The van der Waals surface area contributed by atoms with Crippen LogP contribution in [-0.2, 0) is 0 Å². The van der Waals surface area contributed by atoms with Gasteiger partial charge in [0.15, 0.2) is 0 Å². The Kier molecular flexibility index (Phi) is 4.66. The minimum Gasteiger partial charge on any atom is -0.232 e. The number of hydrogen-bond acceptors (Lipinski definition) is 2. The fourth-order valence-corrected chi connectivity index (χ4v) is 3.11. The lowest BCUT2D eigenvalue weighted by atomic mass is 9.91. The molecule has 3 heteroatoms. The van der Waals surface area contributed by atoms with Gasteiger partial charge in [-0.2, -0.15) is 0 Å². The molecule has 0 spiro atoms. The molecule has 2 aromatic carbocycles. The number of fused-ring (bicyclic) bond motifs is 1. The van der Waals surface area contributed by atoms with E-state index in [0.29, 0.717) is 5.02 Å². The Morgan fingerprint density at radius 3 is 2.16 bits per heavy atom. The van der Waals surface area contributed by atoms with E-state index in [2.05, 4.69) is 52.8 Å². The molecular formula is C22H23ClN2. The second-order valence-electron chi connectivity index (χ2n) is 7.52. The molecule has 0 unspecified atom stereocenters. The van der Waals surface area contributed by atoms with E-state index in [-0.39, 0.29) is 5.41 Å². The van der Waals surface area contributed by atoms with Gasteiger partial charge in [0.1, 0.15) is 5.84 Å². The molecule has 25 heavy (non-hydrogen) atoms. The summed E-state index contributed by atoms with van der Waals surface area (Å²) in [5, 5.41) is 0.655.